The largest absolute Gasteiger partial charge is 0.459 e. The van der Waals surface area contributed by atoms with Crippen molar-refractivity contribution in [2.75, 3.05) is 5.73 Å². The van der Waals surface area contributed by atoms with Crippen molar-refractivity contribution in [2.24, 2.45) is 0 Å². The molecule has 0 aliphatic rings. The van der Waals surface area contributed by atoms with Crippen molar-refractivity contribution in [1.29, 1.82) is 0 Å². The van der Waals surface area contributed by atoms with Crippen LogP contribution in [0.3, 0.4) is 0 Å². The Labute approximate surface area is 124 Å². The summed E-state index contributed by atoms with van der Waals surface area (Å²) in [6.07, 6.45) is -0.165. The monoisotopic (exact) mass is 339 g/mol. The van der Waals surface area contributed by atoms with Crippen LogP contribution >= 0.6 is 27.3 Å². The van der Waals surface area contributed by atoms with Gasteiger partial charge >= 0.3 is 5.97 Å². The molecule has 0 aliphatic heterocycles. The summed E-state index contributed by atoms with van der Waals surface area (Å²) in [5, 5.41) is 2.37. The maximum Gasteiger partial charge on any atom is 0.342 e. The highest BCUT2D eigenvalue weighted by atomic mass is 79.9. The number of anilines is 1. The van der Waals surface area contributed by atoms with E-state index in [2.05, 4.69) is 15.9 Å². The number of nitrogen functional groups attached to an aromatic ring is 1. The van der Waals surface area contributed by atoms with Crippen molar-refractivity contribution in [3.8, 4) is 11.1 Å². The van der Waals surface area contributed by atoms with E-state index in [1.165, 1.54) is 11.3 Å². The second kappa shape index (κ2) is 5.75. The number of esters is 1. The predicted octanol–water partition coefficient (Wildman–Crippen LogP) is 4.33. The van der Waals surface area contributed by atoms with Gasteiger partial charge < -0.3 is 10.5 Å². The second-order valence-corrected chi connectivity index (χ2v) is 6.18. The van der Waals surface area contributed by atoms with E-state index in [1.807, 2.05) is 43.5 Å². The van der Waals surface area contributed by atoms with Crippen LogP contribution in [0, 0.1) is 0 Å². The first kappa shape index (κ1) is 14.1. The molecule has 19 heavy (non-hydrogen) atoms. The molecule has 1 aromatic carbocycles. The van der Waals surface area contributed by atoms with Crippen molar-refractivity contribution in [3.63, 3.8) is 0 Å². The average Bonchev–Trinajstić information content (AvgIpc) is 2.70. The van der Waals surface area contributed by atoms with Crippen LogP contribution in [0.2, 0.25) is 0 Å². The van der Waals surface area contributed by atoms with Crippen molar-refractivity contribution in [2.45, 2.75) is 20.0 Å². The Morgan fingerprint density at radius 2 is 2.16 bits per heavy atom. The first-order chi connectivity index (χ1) is 8.99. The van der Waals surface area contributed by atoms with Crippen LogP contribution in [0.25, 0.3) is 11.1 Å². The number of halogens is 1. The van der Waals surface area contributed by atoms with Crippen molar-refractivity contribution >= 4 is 38.2 Å². The van der Waals surface area contributed by atoms with Gasteiger partial charge in [-0.25, -0.2) is 4.79 Å². The van der Waals surface area contributed by atoms with E-state index in [0.717, 1.165) is 15.6 Å². The Kier molecular flexibility index (Phi) is 4.27. The normalized spacial score (nSPS) is 10.7. The molecule has 100 valence electrons. The SMILES string of the molecule is CC(C)OC(=O)c1c(-c2cccc(Br)c2)csc1N. The molecule has 0 aliphatic carbocycles. The summed E-state index contributed by atoms with van der Waals surface area (Å²) in [6.45, 7) is 3.64. The summed E-state index contributed by atoms with van der Waals surface area (Å²) in [5.41, 5.74) is 8.11. The Bertz CT molecular complexity index is 607. The zero-order valence-electron chi connectivity index (χ0n) is 10.6. The Balaban J connectivity index is 2.45. The average molecular weight is 340 g/mol. The topological polar surface area (TPSA) is 52.3 Å². The lowest BCUT2D eigenvalue weighted by Crippen LogP contribution is -2.13. The van der Waals surface area contributed by atoms with Gasteiger partial charge in [-0.05, 0) is 31.5 Å². The third kappa shape index (κ3) is 3.16. The number of hydrogen-bond donors (Lipinski definition) is 1. The molecule has 0 fully saturated rings. The van der Waals surface area contributed by atoms with E-state index < -0.39 is 0 Å². The first-order valence-electron chi connectivity index (χ1n) is 5.83. The fourth-order valence-electron chi connectivity index (χ4n) is 1.72. The molecule has 1 aromatic heterocycles. The Morgan fingerprint density at radius 1 is 1.42 bits per heavy atom. The summed E-state index contributed by atoms with van der Waals surface area (Å²) in [6, 6.07) is 7.75. The van der Waals surface area contributed by atoms with Gasteiger partial charge in [-0.15, -0.1) is 11.3 Å². The predicted molar refractivity (Wildman–Crippen MR) is 82.4 cm³/mol. The van der Waals surface area contributed by atoms with Crippen LogP contribution in [-0.4, -0.2) is 12.1 Å². The Morgan fingerprint density at radius 3 is 2.79 bits per heavy atom. The molecule has 0 saturated carbocycles. The van der Waals surface area contributed by atoms with Gasteiger partial charge in [-0.1, -0.05) is 28.1 Å². The minimum absolute atomic E-state index is 0.165. The van der Waals surface area contributed by atoms with Crippen LogP contribution in [0.1, 0.15) is 24.2 Å². The van der Waals surface area contributed by atoms with E-state index in [4.69, 9.17) is 10.5 Å². The highest BCUT2D eigenvalue weighted by Gasteiger charge is 2.20. The smallest absolute Gasteiger partial charge is 0.342 e. The number of benzene rings is 1. The highest BCUT2D eigenvalue weighted by molar-refractivity contribution is 9.10. The van der Waals surface area contributed by atoms with Gasteiger partial charge in [0.05, 0.1) is 6.10 Å². The van der Waals surface area contributed by atoms with Gasteiger partial charge in [-0.2, -0.15) is 0 Å². The van der Waals surface area contributed by atoms with Crippen LogP contribution in [0.15, 0.2) is 34.1 Å². The van der Waals surface area contributed by atoms with Gasteiger partial charge in [0.1, 0.15) is 10.6 Å². The summed E-state index contributed by atoms with van der Waals surface area (Å²) in [7, 11) is 0. The number of nitrogens with two attached hydrogens (primary N) is 1. The van der Waals surface area contributed by atoms with Gasteiger partial charge in [0, 0.05) is 15.4 Å². The molecule has 1 heterocycles. The molecular formula is C14H14BrNO2S. The number of carbonyl (C=O) groups is 1. The molecule has 2 N–H and O–H groups in total. The summed E-state index contributed by atoms with van der Waals surface area (Å²) in [5.74, 6) is -0.372. The molecule has 0 bridgehead atoms. The molecule has 0 unspecified atom stereocenters. The fraction of sp³-hybridized carbons (Fsp3) is 0.214. The van der Waals surface area contributed by atoms with Gasteiger partial charge in [0.15, 0.2) is 0 Å². The lowest BCUT2D eigenvalue weighted by molar-refractivity contribution is 0.0380. The molecule has 0 saturated heterocycles. The third-order valence-corrected chi connectivity index (χ3v) is 3.81. The van der Waals surface area contributed by atoms with Crippen molar-refractivity contribution < 1.29 is 9.53 Å². The van der Waals surface area contributed by atoms with Gasteiger partial charge in [0.2, 0.25) is 0 Å². The number of thiophene rings is 1. The molecule has 0 spiro atoms. The standard InChI is InChI=1S/C14H14BrNO2S/c1-8(2)18-14(17)12-11(7-19-13(12)16)9-4-3-5-10(15)6-9/h3-8H,16H2,1-2H3. The van der Waals surface area contributed by atoms with E-state index in [0.29, 0.717) is 10.6 Å². The second-order valence-electron chi connectivity index (χ2n) is 4.35. The van der Waals surface area contributed by atoms with Crippen LogP contribution < -0.4 is 5.73 Å². The lowest BCUT2D eigenvalue weighted by Gasteiger charge is -2.09. The number of rotatable bonds is 3. The molecule has 0 atom stereocenters. The van der Waals surface area contributed by atoms with Crippen LogP contribution in [0.5, 0.6) is 0 Å². The zero-order valence-corrected chi connectivity index (χ0v) is 13.0. The fourth-order valence-corrected chi connectivity index (χ4v) is 2.93. The quantitative estimate of drug-likeness (QED) is 0.847. The molecule has 0 amide bonds. The highest BCUT2D eigenvalue weighted by Crippen LogP contribution is 2.35. The molecule has 5 heteroatoms. The molecular weight excluding hydrogens is 326 g/mol. The van der Waals surface area contributed by atoms with Crippen molar-refractivity contribution in [3.05, 3.63) is 39.7 Å². The summed E-state index contributed by atoms with van der Waals surface area (Å²) in [4.78, 5) is 12.1. The van der Waals surface area contributed by atoms with E-state index in [-0.39, 0.29) is 12.1 Å². The van der Waals surface area contributed by atoms with Gasteiger partial charge in [0.25, 0.3) is 0 Å². The molecule has 0 radical (unpaired) electrons. The maximum atomic E-state index is 12.1. The van der Waals surface area contributed by atoms with E-state index in [1.54, 1.807) is 0 Å². The Hall–Kier alpha value is -1.33. The van der Waals surface area contributed by atoms with Crippen LogP contribution in [-0.2, 0) is 4.74 Å². The van der Waals surface area contributed by atoms with Crippen molar-refractivity contribution in [1.82, 2.24) is 0 Å². The van der Waals surface area contributed by atoms with Gasteiger partial charge in [-0.3, -0.25) is 0 Å². The number of ether oxygens (including phenoxy) is 1. The summed E-state index contributed by atoms with van der Waals surface area (Å²) < 4.78 is 6.20. The molecule has 3 nitrogen and oxygen atoms in total. The van der Waals surface area contributed by atoms with Crippen LogP contribution in [0.4, 0.5) is 5.00 Å². The molecule has 2 aromatic rings. The van der Waals surface area contributed by atoms with E-state index >= 15 is 0 Å². The first-order valence-corrected chi connectivity index (χ1v) is 7.50. The number of hydrogen-bond acceptors (Lipinski definition) is 4. The number of carbonyl (C=O) groups excluding carboxylic acids is 1. The lowest BCUT2D eigenvalue weighted by atomic mass is 10.0. The minimum Gasteiger partial charge on any atom is -0.459 e. The third-order valence-electron chi connectivity index (χ3n) is 2.50. The maximum absolute atomic E-state index is 12.1. The summed E-state index contributed by atoms with van der Waals surface area (Å²) >= 11 is 4.77. The zero-order chi connectivity index (χ0) is 14.0. The minimum atomic E-state index is -0.372. The van der Waals surface area contributed by atoms with E-state index in [9.17, 15) is 4.79 Å². The molecule has 2 rings (SSSR count).